The van der Waals surface area contributed by atoms with Gasteiger partial charge in [0.25, 0.3) is 0 Å². The first-order valence-electron chi connectivity index (χ1n) is 5.97. The molecule has 0 aromatic heterocycles. The first kappa shape index (κ1) is 11.9. The number of likely N-dealkylation sites (tertiary alicyclic amines) is 1. The zero-order chi connectivity index (χ0) is 12.3. The summed E-state index contributed by atoms with van der Waals surface area (Å²) >= 11 is 0. The summed E-state index contributed by atoms with van der Waals surface area (Å²) in [5, 5.41) is 2.61. The molecule has 1 aromatic carbocycles. The Labute approximate surface area is 101 Å². The summed E-state index contributed by atoms with van der Waals surface area (Å²) < 4.78 is 13.4. The number of benzene rings is 1. The molecule has 92 valence electrons. The zero-order valence-electron chi connectivity index (χ0n) is 9.95. The molecule has 3 nitrogen and oxygen atoms in total. The summed E-state index contributed by atoms with van der Waals surface area (Å²) in [6.45, 7) is 3.63. The maximum Gasteiger partial charge on any atom is 0.321 e. The molecule has 0 saturated carbocycles. The molecule has 1 heterocycles. The lowest BCUT2D eigenvalue weighted by Gasteiger charge is -2.30. The second-order valence-corrected chi connectivity index (χ2v) is 4.60. The molecule has 1 atom stereocenters. The number of para-hydroxylation sites is 1. The Hall–Kier alpha value is -1.58. The van der Waals surface area contributed by atoms with Gasteiger partial charge in [0.05, 0.1) is 5.69 Å². The Morgan fingerprint density at radius 1 is 1.47 bits per heavy atom. The number of nitrogens with zero attached hydrogens (tertiary/aromatic N) is 1. The molecule has 4 heteroatoms. The predicted octanol–water partition coefficient (Wildman–Crippen LogP) is 3.09. The minimum atomic E-state index is -0.397. The average molecular weight is 236 g/mol. The third kappa shape index (κ3) is 2.96. The van der Waals surface area contributed by atoms with Crippen molar-refractivity contribution in [3.8, 4) is 0 Å². The molecule has 0 spiro atoms. The van der Waals surface area contributed by atoms with Crippen LogP contribution in [-0.4, -0.2) is 24.0 Å². The third-order valence-electron chi connectivity index (χ3n) is 3.06. The van der Waals surface area contributed by atoms with Gasteiger partial charge in [-0.1, -0.05) is 19.1 Å². The Bertz CT molecular complexity index is 408. The molecule has 1 saturated heterocycles. The van der Waals surface area contributed by atoms with E-state index in [4.69, 9.17) is 0 Å². The lowest BCUT2D eigenvalue weighted by Crippen LogP contribution is -2.41. The minimum absolute atomic E-state index is 0.207. The molecule has 2 rings (SSSR count). The summed E-state index contributed by atoms with van der Waals surface area (Å²) in [7, 11) is 0. The number of hydrogen-bond acceptors (Lipinski definition) is 1. The van der Waals surface area contributed by atoms with Gasteiger partial charge >= 0.3 is 6.03 Å². The van der Waals surface area contributed by atoms with Crippen molar-refractivity contribution >= 4 is 11.7 Å². The van der Waals surface area contributed by atoms with E-state index in [1.807, 2.05) is 0 Å². The molecule has 0 aliphatic carbocycles. The molecule has 1 aliphatic heterocycles. The first-order chi connectivity index (χ1) is 8.16. The van der Waals surface area contributed by atoms with Gasteiger partial charge in [0.2, 0.25) is 0 Å². The zero-order valence-corrected chi connectivity index (χ0v) is 9.95. The van der Waals surface area contributed by atoms with Gasteiger partial charge in [0, 0.05) is 13.1 Å². The van der Waals surface area contributed by atoms with Crippen LogP contribution in [0.1, 0.15) is 19.8 Å². The number of nitrogens with one attached hydrogen (secondary N) is 1. The number of rotatable bonds is 1. The highest BCUT2D eigenvalue weighted by atomic mass is 19.1. The Balaban J connectivity index is 1.99. The van der Waals surface area contributed by atoms with Crippen LogP contribution in [0.5, 0.6) is 0 Å². The summed E-state index contributed by atoms with van der Waals surface area (Å²) in [5.74, 6) is 0.126. The van der Waals surface area contributed by atoms with E-state index in [0.717, 1.165) is 25.9 Å². The molecular formula is C13H17FN2O. The molecule has 0 unspecified atom stereocenters. The van der Waals surface area contributed by atoms with Crippen molar-refractivity contribution in [2.45, 2.75) is 19.8 Å². The first-order valence-corrected chi connectivity index (χ1v) is 5.97. The number of urea groups is 1. The summed E-state index contributed by atoms with van der Waals surface area (Å²) in [5.41, 5.74) is 0.246. The molecule has 0 radical (unpaired) electrons. The predicted molar refractivity (Wildman–Crippen MR) is 65.4 cm³/mol. The number of hydrogen-bond donors (Lipinski definition) is 1. The SMILES string of the molecule is C[C@@H]1CCCN(C(=O)Nc2ccccc2F)C1. The van der Waals surface area contributed by atoms with Crippen LogP contribution in [-0.2, 0) is 0 Å². The highest BCUT2D eigenvalue weighted by Gasteiger charge is 2.21. The fourth-order valence-corrected chi connectivity index (χ4v) is 2.13. The lowest BCUT2D eigenvalue weighted by atomic mass is 10.0. The number of halogens is 1. The van der Waals surface area contributed by atoms with Gasteiger partial charge in [-0.2, -0.15) is 0 Å². The van der Waals surface area contributed by atoms with E-state index in [-0.39, 0.29) is 11.7 Å². The van der Waals surface area contributed by atoms with Crippen LogP contribution in [0.4, 0.5) is 14.9 Å². The standard InChI is InChI=1S/C13H17FN2O/c1-10-5-4-8-16(9-10)13(17)15-12-7-3-2-6-11(12)14/h2-3,6-7,10H,4-5,8-9H2,1H3,(H,15,17)/t10-/m1/s1. The Morgan fingerprint density at radius 3 is 2.94 bits per heavy atom. The number of amides is 2. The van der Waals surface area contributed by atoms with Gasteiger partial charge in [-0.25, -0.2) is 9.18 Å². The van der Waals surface area contributed by atoms with E-state index in [9.17, 15) is 9.18 Å². The summed E-state index contributed by atoms with van der Waals surface area (Å²) in [6.07, 6.45) is 2.18. The van der Waals surface area contributed by atoms with E-state index in [1.165, 1.54) is 6.07 Å². The van der Waals surface area contributed by atoms with E-state index in [1.54, 1.807) is 23.1 Å². The maximum atomic E-state index is 13.4. The van der Waals surface area contributed by atoms with E-state index >= 15 is 0 Å². The molecule has 1 N–H and O–H groups in total. The minimum Gasteiger partial charge on any atom is -0.324 e. The quantitative estimate of drug-likeness (QED) is 0.798. The van der Waals surface area contributed by atoms with Crippen LogP contribution in [0.3, 0.4) is 0 Å². The molecule has 2 amide bonds. The van der Waals surface area contributed by atoms with Crippen molar-refractivity contribution in [1.29, 1.82) is 0 Å². The van der Waals surface area contributed by atoms with Crippen LogP contribution in [0.15, 0.2) is 24.3 Å². The van der Waals surface area contributed by atoms with E-state index in [2.05, 4.69) is 12.2 Å². The van der Waals surface area contributed by atoms with E-state index in [0.29, 0.717) is 5.92 Å². The van der Waals surface area contributed by atoms with Crippen LogP contribution >= 0.6 is 0 Å². The number of carbonyl (C=O) groups excluding carboxylic acids is 1. The maximum absolute atomic E-state index is 13.4. The second kappa shape index (κ2) is 5.17. The fourth-order valence-electron chi connectivity index (χ4n) is 2.13. The third-order valence-corrected chi connectivity index (χ3v) is 3.06. The van der Waals surface area contributed by atoms with Crippen LogP contribution in [0, 0.1) is 11.7 Å². The molecule has 1 aromatic rings. The van der Waals surface area contributed by atoms with Crippen LogP contribution < -0.4 is 5.32 Å². The average Bonchev–Trinajstić information content (AvgIpc) is 2.32. The van der Waals surface area contributed by atoms with Crippen molar-refractivity contribution in [2.24, 2.45) is 5.92 Å². The second-order valence-electron chi connectivity index (χ2n) is 4.60. The largest absolute Gasteiger partial charge is 0.324 e. The highest BCUT2D eigenvalue weighted by Crippen LogP contribution is 2.18. The van der Waals surface area contributed by atoms with Gasteiger partial charge < -0.3 is 10.2 Å². The van der Waals surface area contributed by atoms with Crippen molar-refractivity contribution < 1.29 is 9.18 Å². The van der Waals surface area contributed by atoms with Crippen LogP contribution in [0.25, 0.3) is 0 Å². The molecule has 1 fully saturated rings. The van der Waals surface area contributed by atoms with Crippen molar-refractivity contribution in [2.75, 3.05) is 18.4 Å². The van der Waals surface area contributed by atoms with Gasteiger partial charge in [-0.3, -0.25) is 0 Å². The molecule has 0 bridgehead atoms. The summed E-state index contributed by atoms with van der Waals surface area (Å²) in [6, 6.07) is 6.02. The van der Waals surface area contributed by atoms with Gasteiger partial charge in [0.15, 0.2) is 0 Å². The number of piperidine rings is 1. The summed E-state index contributed by atoms with van der Waals surface area (Å²) in [4.78, 5) is 13.7. The molecule has 1 aliphatic rings. The van der Waals surface area contributed by atoms with Gasteiger partial charge in [0.1, 0.15) is 5.82 Å². The number of carbonyl (C=O) groups is 1. The Kier molecular flexibility index (Phi) is 3.61. The monoisotopic (exact) mass is 236 g/mol. The topological polar surface area (TPSA) is 32.3 Å². The lowest BCUT2D eigenvalue weighted by molar-refractivity contribution is 0.182. The van der Waals surface area contributed by atoms with E-state index < -0.39 is 5.82 Å². The van der Waals surface area contributed by atoms with Crippen molar-refractivity contribution in [3.63, 3.8) is 0 Å². The van der Waals surface area contributed by atoms with Gasteiger partial charge in [-0.05, 0) is 30.9 Å². The highest BCUT2D eigenvalue weighted by molar-refractivity contribution is 5.89. The molecular weight excluding hydrogens is 219 g/mol. The smallest absolute Gasteiger partial charge is 0.321 e. The van der Waals surface area contributed by atoms with Gasteiger partial charge in [-0.15, -0.1) is 0 Å². The molecule has 17 heavy (non-hydrogen) atoms. The number of anilines is 1. The van der Waals surface area contributed by atoms with Crippen LogP contribution in [0.2, 0.25) is 0 Å². The fraction of sp³-hybridized carbons (Fsp3) is 0.462. The Morgan fingerprint density at radius 2 is 2.24 bits per heavy atom. The van der Waals surface area contributed by atoms with Crippen molar-refractivity contribution in [3.05, 3.63) is 30.1 Å². The van der Waals surface area contributed by atoms with Crippen molar-refractivity contribution in [1.82, 2.24) is 4.90 Å². The normalized spacial score (nSPS) is 20.1.